The Bertz CT molecular complexity index is 602. The normalized spacial score (nSPS) is 10.9. The van der Waals surface area contributed by atoms with Gasteiger partial charge in [0, 0.05) is 24.5 Å². The molecular weight excluding hydrogens is 312 g/mol. The molecule has 0 bridgehead atoms. The van der Waals surface area contributed by atoms with E-state index < -0.39 is 0 Å². The van der Waals surface area contributed by atoms with Crippen molar-refractivity contribution in [3.05, 3.63) is 41.7 Å². The zero-order valence-electron chi connectivity index (χ0n) is 13.4. The topological polar surface area (TPSA) is 79.9 Å². The molecule has 0 radical (unpaired) electrons. The van der Waals surface area contributed by atoms with Gasteiger partial charge in [-0.05, 0) is 31.9 Å². The first-order chi connectivity index (χ1) is 11.2. The number of ether oxygens (including phenoxy) is 1. The smallest absolute Gasteiger partial charge is 0.251 e. The summed E-state index contributed by atoms with van der Waals surface area (Å²) in [4.78, 5) is 16.4. The molecule has 1 aromatic heterocycles. The summed E-state index contributed by atoms with van der Waals surface area (Å²) in [7, 11) is 0. The Balaban J connectivity index is 1.84. The van der Waals surface area contributed by atoms with Crippen molar-refractivity contribution in [1.82, 2.24) is 20.5 Å². The van der Waals surface area contributed by atoms with Gasteiger partial charge in [0.2, 0.25) is 0 Å². The molecule has 1 amide bonds. The monoisotopic (exact) mass is 334 g/mol. The van der Waals surface area contributed by atoms with Gasteiger partial charge in [0.05, 0.1) is 6.10 Å². The van der Waals surface area contributed by atoms with E-state index >= 15 is 0 Å². The number of thioether (sulfide) groups is 1. The van der Waals surface area contributed by atoms with Gasteiger partial charge in [0.25, 0.3) is 5.91 Å². The number of H-pyrrole nitrogens is 1. The highest BCUT2D eigenvalue weighted by Crippen LogP contribution is 2.21. The Hall–Kier alpha value is -1.86. The molecule has 124 valence electrons. The molecular formula is C16H22N4O2S. The summed E-state index contributed by atoms with van der Waals surface area (Å²) in [6.45, 7) is 5.26. The van der Waals surface area contributed by atoms with E-state index in [1.54, 1.807) is 0 Å². The molecule has 1 aromatic carbocycles. The first-order valence-electron chi connectivity index (χ1n) is 7.62. The minimum Gasteiger partial charge on any atom is -0.379 e. The van der Waals surface area contributed by atoms with E-state index in [9.17, 15) is 4.79 Å². The Labute approximate surface area is 140 Å². The Morgan fingerprint density at radius 1 is 1.39 bits per heavy atom. The van der Waals surface area contributed by atoms with E-state index in [1.807, 2.05) is 38.1 Å². The molecule has 1 heterocycles. The summed E-state index contributed by atoms with van der Waals surface area (Å²) < 4.78 is 5.46. The largest absolute Gasteiger partial charge is 0.379 e. The molecule has 7 heteroatoms. The van der Waals surface area contributed by atoms with Gasteiger partial charge in [-0.3, -0.25) is 9.89 Å². The van der Waals surface area contributed by atoms with Crippen LogP contribution in [0.5, 0.6) is 0 Å². The van der Waals surface area contributed by atoms with Crippen molar-refractivity contribution in [2.75, 3.05) is 13.2 Å². The molecule has 2 rings (SSSR count). The molecule has 0 atom stereocenters. The van der Waals surface area contributed by atoms with Crippen molar-refractivity contribution in [3.63, 3.8) is 0 Å². The lowest BCUT2D eigenvalue weighted by molar-refractivity contribution is 0.0757. The Kier molecular flexibility index (Phi) is 7.09. The average Bonchev–Trinajstić information content (AvgIpc) is 3.06. The second kappa shape index (κ2) is 9.32. The number of aromatic nitrogens is 3. The van der Waals surface area contributed by atoms with Crippen LogP contribution in [-0.2, 0) is 10.5 Å². The van der Waals surface area contributed by atoms with Crippen molar-refractivity contribution in [2.24, 2.45) is 0 Å². The second-order valence-corrected chi connectivity index (χ2v) is 6.23. The number of carbonyl (C=O) groups is 1. The van der Waals surface area contributed by atoms with Crippen molar-refractivity contribution in [1.29, 1.82) is 0 Å². The predicted molar refractivity (Wildman–Crippen MR) is 90.4 cm³/mol. The number of hydrogen-bond acceptors (Lipinski definition) is 5. The molecule has 2 aromatic rings. The summed E-state index contributed by atoms with van der Waals surface area (Å²) in [5, 5.41) is 10.3. The summed E-state index contributed by atoms with van der Waals surface area (Å²) in [6, 6.07) is 7.61. The van der Waals surface area contributed by atoms with Crippen LogP contribution in [0.3, 0.4) is 0 Å². The van der Waals surface area contributed by atoms with Gasteiger partial charge in [-0.1, -0.05) is 30.0 Å². The molecule has 6 nitrogen and oxygen atoms in total. The third kappa shape index (κ3) is 6.03. The summed E-state index contributed by atoms with van der Waals surface area (Å²) in [5.74, 6) is 0.609. The fourth-order valence-corrected chi connectivity index (χ4v) is 2.75. The highest BCUT2D eigenvalue weighted by molar-refractivity contribution is 7.98. The maximum Gasteiger partial charge on any atom is 0.251 e. The zero-order chi connectivity index (χ0) is 16.5. The third-order valence-corrected chi connectivity index (χ3v) is 4.00. The van der Waals surface area contributed by atoms with Gasteiger partial charge < -0.3 is 10.1 Å². The number of amides is 1. The maximum absolute atomic E-state index is 12.3. The summed E-state index contributed by atoms with van der Waals surface area (Å²) in [6.07, 6.45) is 2.50. The number of rotatable bonds is 9. The van der Waals surface area contributed by atoms with Crippen molar-refractivity contribution in [2.45, 2.75) is 37.3 Å². The van der Waals surface area contributed by atoms with E-state index in [0.717, 1.165) is 17.1 Å². The Morgan fingerprint density at radius 3 is 2.96 bits per heavy atom. The van der Waals surface area contributed by atoms with Crippen LogP contribution in [0.15, 0.2) is 35.7 Å². The van der Waals surface area contributed by atoms with Gasteiger partial charge in [-0.2, -0.15) is 5.10 Å². The lowest BCUT2D eigenvalue weighted by atomic mass is 10.1. The number of nitrogens with zero attached hydrogens (tertiary/aromatic N) is 2. The number of carbonyl (C=O) groups excluding carboxylic acids is 1. The minimum atomic E-state index is -0.0525. The lowest BCUT2D eigenvalue weighted by Gasteiger charge is -2.10. The van der Waals surface area contributed by atoms with Crippen LogP contribution in [0, 0.1) is 0 Å². The molecule has 0 aliphatic rings. The molecule has 0 spiro atoms. The van der Waals surface area contributed by atoms with Crippen molar-refractivity contribution >= 4 is 17.7 Å². The molecule has 0 aliphatic carbocycles. The van der Waals surface area contributed by atoms with Crippen LogP contribution in [0.1, 0.15) is 36.2 Å². The van der Waals surface area contributed by atoms with Crippen LogP contribution in [0.2, 0.25) is 0 Å². The molecule has 0 fully saturated rings. The van der Waals surface area contributed by atoms with E-state index in [0.29, 0.717) is 24.5 Å². The fraction of sp³-hybridized carbons (Fsp3) is 0.438. The molecule has 0 unspecified atom stereocenters. The van der Waals surface area contributed by atoms with E-state index in [4.69, 9.17) is 4.74 Å². The fourth-order valence-electron chi connectivity index (χ4n) is 1.97. The van der Waals surface area contributed by atoms with Crippen LogP contribution >= 0.6 is 11.8 Å². The van der Waals surface area contributed by atoms with Gasteiger partial charge >= 0.3 is 0 Å². The summed E-state index contributed by atoms with van der Waals surface area (Å²) >= 11 is 1.52. The molecule has 23 heavy (non-hydrogen) atoms. The van der Waals surface area contributed by atoms with E-state index in [-0.39, 0.29) is 12.0 Å². The SMILES string of the molecule is CC(C)OCCCNC(=O)c1ccccc1CSc1ncn[nH]1. The average molecular weight is 334 g/mol. The maximum atomic E-state index is 12.3. The van der Waals surface area contributed by atoms with Gasteiger partial charge in [-0.15, -0.1) is 0 Å². The number of hydrogen-bond donors (Lipinski definition) is 2. The Morgan fingerprint density at radius 2 is 2.22 bits per heavy atom. The van der Waals surface area contributed by atoms with Crippen LogP contribution in [-0.4, -0.2) is 40.3 Å². The van der Waals surface area contributed by atoms with Gasteiger partial charge in [0.15, 0.2) is 5.16 Å². The quantitative estimate of drug-likeness (QED) is 0.544. The van der Waals surface area contributed by atoms with E-state index in [2.05, 4.69) is 20.5 Å². The van der Waals surface area contributed by atoms with Gasteiger partial charge in [-0.25, -0.2) is 4.98 Å². The van der Waals surface area contributed by atoms with Crippen LogP contribution in [0.4, 0.5) is 0 Å². The lowest BCUT2D eigenvalue weighted by Crippen LogP contribution is -2.26. The van der Waals surface area contributed by atoms with E-state index in [1.165, 1.54) is 18.1 Å². The predicted octanol–water partition coefficient (Wildman–Crippen LogP) is 2.64. The highest BCUT2D eigenvalue weighted by Gasteiger charge is 2.11. The van der Waals surface area contributed by atoms with Crippen molar-refractivity contribution < 1.29 is 9.53 Å². The van der Waals surface area contributed by atoms with Gasteiger partial charge in [0.1, 0.15) is 6.33 Å². The number of nitrogens with one attached hydrogen (secondary N) is 2. The second-order valence-electron chi connectivity index (χ2n) is 5.27. The number of benzene rings is 1. The number of aromatic amines is 1. The van der Waals surface area contributed by atoms with Crippen LogP contribution < -0.4 is 5.32 Å². The van der Waals surface area contributed by atoms with Crippen molar-refractivity contribution in [3.8, 4) is 0 Å². The first-order valence-corrected chi connectivity index (χ1v) is 8.61. The molecule has 0 saturated heterocycles. The zero-order valence-corrected chi connectivity index (χ0v) is 14.2. The molecule has 0 saturated carbocycles. The standard InChI is InChI=1S/C16H22N4O2S/c1-12(2)22-9-5-8-17-15(21)14-7-4-3-6-13(14)10-23-16-18-11-19-20-16/h3-4,6-7,11-12H,5,8-10H2,1-2H3,(H,17,21)(H,18,19,20). The highest BCUT2D eigenvalue weighted by atomic mass is 32.2. The minimum absolute atomic E-state index is 0.0525. The first kappa shape index (κ1) is 17.5. The van der Waals surface area contributed by atoms with Crippen LogP contribution in [0.25, 0.3) is 0 Å². The molecule has 2 N–H and O–H groups in total. The summed E-state index contributed by atoms with van der Waals surface area (Å²) in [5.41, 5.74) is 1.68. The molecule has 0 aliphatic heterocycles. The third-order valence-electron chi connectivity index (χ3n) is 3.08.